The fourth-order valence-electron chi connectivity index (χ4n) is 2.06. The van der Waals surface area contributed by atoms with E-state index in [1.54, 1.807) is 36.4 Å². The Bertz CT molecular complexity index is 822. The fourth-order valence-corrected chi connectivity index (χ4v) is 2.06. The Hall–Kier alpha value is -3.62. The van der Waals surface area contributed by atoms with Gasteiger partial charge in [0.15, 0.2) is 11.5 Å². The maximum absolute atomic E-state index is 11.0. The van der Waals surface area contributed by atoms with Crippen molar-refractivity contribution in [3.8, 4) is 11.5 Å². The number of amides is 1. The van der Waals surface area contributed by atoms with Gasteiger partial charge in [0.2, 0.25) is 0 Å². The largest absolute Gasteiger partial charge is 0.493 e. The number of hydrogen-bond acceptors (Lipinski definition) is 7. The molecule has 2 aromatic carbocycles. The Morgan fingerprint density at radius 1 is 1.23 bits per heavy atom. The minimum Gasteiger partial charge on any atom is -0.493 e. The van der Waals surface area contributed by atoms with Crippen LogP contribution in [0.3, 0.4) is 0 Å². The van der Waals surface area contributed by atoms with Gasteiger partial charge in [0.25, 0.3) is 5.69 Å². The molecule has 0 heterocycles. The molecule has 9 nitrogen and oxygen atoms in total. The zero-order chi connectivity index (χ0) is 18.9. The smallest absolute Gasteiger partial charge is 0.427 e. The number of ether oxygens (including phenoxy) is 3. The number of hydrogen-bond donors (Lipinski definition) is 1. The molecule has 0 aromatic heterocycles. The lowest BCUT2D eigenvalue weighted by Crippen LogP contribution is -2.16. The molecule has 2 rings (SSSR count). The van der Waals surface area contributed by atoms with Crippen molar-refractivity contribution in [3.05, 3.63) is 63.7 Å². The first-order valence-corrected chi connectivity index (χ1v) is 7.45. The maximum atomic E-state index is 11.0. The number of para-hydroxylation sites is 1. The molecule has 9 heteroatoms. The van der Waals surface area contributed by atoms with E-state index in [-0.39, 0.29) is 12.3 Å². The fraction of sp³-hybridized carbons (Fsp3) is 0.176. The van der Waals surface area contributed by atoms with E-state index in [0.717, 1.165) is 0 Å². The van der Waals surface area contributed by atoms with Gasteiger partial charge in [-0.25, -0.2) is 10.2 Å². The van der Waals surface area contributed by atoms with E-state index in [0.29, 0.717) is 22.6 Å². The highest BCUT2D eigenvalue weighted by Crippen LogP contribution is 2.29. The molecule has 26 heavy (non-hydrogen) atoms. The monoisotopic (exact) mass is 359 g/mol. The summed E-state index contributed by atoms with van der Waals surface area (Å²) in [5.74, 6) is 0.842. The molecule has 1 N–H and O–H groups in total. The molecule has 0 atom stereocenters. The van der Waals surface area contributed by atoms with Crippen LogP contribution in [-0.2, 0) is 11.3 Å². The zero-order valence-corrected chi connectivity index (χ0v) is 14.2. The Labute approximate surface area is 149 Å². The summed E-state index contributed by atoms with van der Waals surface area (Å²) in [6.07, 6.45) is 0.725. The van der Waals surface area contributed by atoms with Crippen molar-refractivity contribution in [1.29, 1.82) is 0 Å². The third-order valence-corrected chi connectivity index (χ3v) is 3.31. The third kappa shape index (κ3) is 4.94. The molecule has 0 bridgehead atoms. The highest BCUT2D eigenvalue weighted by Gasteiger charge is 2.14. The predicted octanol–water partition coefficient (Wildman–Crippen LogP) is 2.87. The molecule has 0 aliphatic carbocycles. The average molecular weight is 359 g/mol. The molecule has 2 aromatic rings. The average Bonchev–Trinajstić information content (AvgIpc) is 2.66. The molecular weight excluding hydrogens is 342 g/mol. The zero-order valence-electron chi connectivity index (χ0n) is 14.2. The van der Waals surface area contributed by atoms with Gasteiger partial charge in [-0.15, -0.1) is 0 Å². The molecule has 0 aliphatic heterocycles. The number of benzene rings is 2. The van der Waals surface area contributed by atoms with Crippen LogP contribution < -0.4 is 14.9 Å². The number of nitro benzene ring substituents is 1. The quantitative estimate of drug-likeness (QED) is 0.462. The molecular formula is C17H17N3O6. The van der Waals surface area contributed by atoms with Crippen LogP contribution in [0.2, 0.25) is 0 Å². The van der Waals surface area contributed by atoms with Gasteiger partial charge in [-0.05, 0) is 29.8 Å². The van der Waals surface area contributed by atoms with Crippen LogP contribution in [0.5, 0.6) is 11.5 Å². The molecule has 1 amide bonds. The molecule has 0 spiro atoms. The van der Waals surface area contributed by atoms with Gasteiger partial charge in [-0.1, -0.05) is 12.1 Å². The number of nitro groups is 1. The van der Waals surface area contributed by atoms with E-state index in [4.69, 9.17) is 9.47 Å². The van der Waals surface area contributed by atoms with Gasteiger partial charge >= 0.3 is 6.09 Å². The maximum Gasteiger partial charge on any atom is 0.427 e. The van der Waals surface area contributed by atoms with Crippen molar-refractivity contribution in [2.24, 2.45) is 5.10 Å². The highest BCUT2D eigenvalue weighted by atomic mass is 16.6. The Balaban J connectivity index is 2.11. The second-order valence-electron chi connectivity index (χ2n) is 4.95. The summed E-state index contributed by atoms with van der Waals surface area (Å²) in [6.45, 7) is 0.0187. The lowest BCUT2D eigenvalue weighted by atomic mass is 10.2. The van der Waals surface area contributed by atoms with Crippen molar-refractivity contribution in [3.63, 3.8) is 0 Å². The Morgan fingerprint density at radius 2 is 2.00 bits per heavy atom. The first kappa shape index (κ1) is 18.7. The van der Waals surface area contributed by atoms with Crippen molar-refractivity contribution in [1.82, 2.24) is 5.43 Å². The Morgan fingerprint density at radius 3 is 2.69 bits per heavy atom. The summed E-state index contributed by atoms with van der Waals surface area (Å²) in [4.78, 5) is 21.5. The molecule has 0 saturated carbocycles. The van der Waals surface area contributed by atoms with Gasteiger partial charge in [-0.2, -0.15) is 5.10 Å². The summed E-state index contributed by atoms with van der Waals surface area (Å²) in [7, 11) is 2.71. The van der Waals surface area contributed by atoms with Gasteiger partial charge < -0.3 is 14.2 Å². The van der Waals surface area contributed by atoms with Gasteiger partial charge in [0.05, 0.1) is 30.9 Å². The van der Waals surface area contributed by atoms with Crippen LogP contribution in [0.25, 0.3) is 0 Å². The van der Waals surface area contributed by atoms with Crippen LogP contribution in [0.15, 0.2) is 47.6 Å². The number of hydrazone groups is 1. The second kappa shape index (κ2) is 9.02. The number of carbonyl (C=O) groups is 1. The molecule has 0 fully saturated rings. The molecule has 0 aliphatic rings. The van der Waals surface area contributed by atoms with Crippen LogP contribution in [0, 0.1) is 10.1 Å². The van der Waals surface area contributed by atoms with E-state index >= 15 is 0 Å². The summed E-state index contributed by atoms with van der Waals surface area (Å²) in [5.41, 5.74) is 3.26. The molecule has 0 saturated heterocycles. The molecule has 136 valence electrons. The van der Waals surface area contributed by atoms with Crippen molar-refractivity contribution < 1.29 is 23.9 Å². The third-order valence-electron chi connectivity index (χ3n) is 3.31. The lowest BCUT2D eigenvalue weighted by molar-refractivity contribution is -0.385. The summed E-state index contributed by atoms with van der Waals surface area (Å²) in [6, 6.07) is 11.3. The van der Waals surface area contributed by atoms with Crippen LogP contribution in [0.1, 0.15) is 11.1 Å². The minimum absolute atomic E-state index is 0.0101. The van der Waals surface area contributed by atoms with Crippen LogP contribution >= 0.6 is 0 Å². The SMILES string of the molecule is COC(=O)N/N=C\c1ccc(OCc2ccccc2[N+](=O)[O-])c(OC)c1. The van der Waals surface area contributed by atoms with Crippen molar-refractivity contribution >= 4 is 18.0 Å². The van der Waals surface area contributed by atoms with E-state index in [9.17, 15) is 14.9 Å². The number of rotatable bonds is 7. The van der Waals surface area contributed by atoms with Crippen molar-refractivity contribution in [2.75, 3.05) is 14.2 Å². The number of nitrogens with zero attached hydrogens (tertiary/aromatic N) is 2. The number of methoxy groups -OCH3 is 2. The Kier molecular flexibility index (Phi) is 6.49. The van der Waals surface area contributed by atoms with Gasteiger partial charge in [0.1, 0.15) is 6.61 Å². The van der Waals surface area contributed by atoms with E-state index < -0.39 is 11.0 Å². The number of carbonyl (C=O) groups excluding carboxylic acids is 1. The van der Waals surface area contributed by atoms with E-state index in [2.05, 4.69) is 15.3 Å². The van der Waals surface area contributed by atoms with E-state index in [1.165, 1.54) is 26.5 Å². The minimum atomic E-state index is -0.683. The normalized spacial score (nSPS) is 10.4. The van der Waals surface area contributed by atoms with E-state index in [1.807, 2.05) is 0 Å². The van der Waals surface area contributed by atoms with Crippen LogP contribution in [-0.4, -0.2) is 31.5 Å². The molecule has 0 radical (unpaired) electrons. The highest BCUT2D eigenvalue weighted by molar-refractivity contribution is 5.82. The second-order valence-corrected chi connectivity index (χ2v) is 4.95. The van der Waals surface area contributed by atoms with Gasteiger partial charge in [-0.3, -0.25) is 10.1 Å². The van der Waals surface area contributed by atoms with Gasteiger partial charge in [0, 0.05) is 6.07 Å². The first-order chi connectivity index (χ1) is 12.5. The molecule has 0 unspecified atom stereocenters. The number of nitrogens with one attached hydrogen (secondary N) is 1. The predicted molar refractivity (Wildman–Crippen MR) is 93.6 cm³/mol. The first-order valence-electron chi connectivity index (χ1n) is 7.45. The van der Waals surface area contributed by atoms with Crippen LogP contribution in [0.4, 0.5) is 10.5 Å². The summed E-state index contributed by atoms with van der Waals surface area (Å²) < 4.78 is 15.3. The standard InChI is InChI=1S/C17H17N3O6/c1-24-16-9-12(10-18-19-17(21)25-2)7-8-15(16)26-11-13-5-3-4-6-14(13)20(22)23/h3-10H,11H2,1-2H3,(H,19,21)/b18-10-. The van der Waals surface area contributed by atoms with Crippen molar-refractivity contribution in [2.45, 2.75) is 6.61 Å². The summed E-state index contributed by atoms with van der Waals surface area (Å²) >= 11 is 0. The summed E-state index contributed by atoms with van der Waals surface area (Å²) in [5, 5.41) is 14.8. The topological polar surface area (TPSA) is 112 Å². The lowest BCUT2D eigenvalue weighted by Gasteiger charge is -2.11.